The number of benzene rings is 3. The van der Waals surface area contributed by atoms with Crippen LogP contribution in [0.5, 0.6) is 5.75 Å². The molecular weight excluding hydrogens is 492 g/mol. The topological polar surface area (TPSA) is 80.7 Å². The maximum absolute atomic E-state index is 13.2. The minimum atomic E-state index is -0.338. The van der Waals surface area contributed by atoms with Crippen LogP contribution in [0.15, 0.2) is 66.7 Å². The van der Waals surface area contributed by atoms with Crippen molar-refractivity contribution in [3.8, 4) is 11.4 Å². The van der Waals surface area contributed by atoms with E-state index in [1.54, 1.807) is 4.68 Å². The summed E-state index contributed by atoms with van der Waals surface area (Å²) in [6.07, 6.45) is 0. The maximum Gasteiger partial charge on any atom is 0.324 e. The Morgan fingerprint density at radius 3 is 2.41 bits per heavy atom. The zero-order valence-corrected chi connectivity index (χ0v) is 23.2. The number of carbonyl (C=O) groups excluding carboxylic acids is 1. The number of aromatic nitrogens is 2. The van der Waals surface area contributed by atoms with Crippen LogP contribution in [0.1, 0.15) is 32.0 Å². The maximum atomic E-state index is 13.2. The van der Waals surface area contributed by atoms with E-state index in [0.717, 1.165) is 66.3 Å². The first-order chi connectivity index (χ1) is 18.8. The number of urea groups is 1. The number of rotatable bonds is 7. The largest absolute Gasteiger partial charge is 0.492 e. The lowest BCUT2D eigenvalue weighted by Crippen LogP contribution is -2.38. The van der Waals surface area contributed by atoms with Gasteiger partial charge in [-0.2, -0.15) is 5.10 Å². The van der Waals surface area contributed by atoms with Gasteiger partial charge in [0.2, 0.25) is 0 Å². The smallest absolute Gasteiger partial charge is 0.324 e. The molecule has 8 heteroatoms. The van der Waals surface area contributed by atoms with Crippen molar-refractivity contribution < 1.29 is 14.3 Å². The van der Waals surface area contributed by atoms with Gasteiger partial charge in [0.1, 0.15) is 18.2 Å². The van der Waals surface area contributed by atoms with E-state index in [4.69, 9.17) is 14.6 Å². The molecule has 4 aromatic rings. The highest BCUT2D eigenvalue weighted by atomic mass is 16.5. The lowest BCUT2D eigenvalue weighted by Gasteiger charge is -2.26. The van der Waals surface area contributed by atoms with Crippen molar-refractivity contribution in [1.82, 2.24) is 14.7 Å². The van der Waals surface area contributed by atoms with E-state index in [1.165, 1.54) is 0 Å². The second kappa shape index (κ2) is 11.5. The van der Waals surface area contributed by atoms with E-state index in [2.05, 4.69) is 36.3 Å². The van der Waals surface area contributed by atoms with Gasteiger partial charge >= 0.3 is 6.03 Å². The number of morpholine rings is 1. The van der Waals surface area contributed by atoms with Crippen LogP contribution in [-0.4, -0.2) is 60.2 Å². The molecule has 2 amide bonds. The highest BCUT2D eigenvalue weighted by molar-refractivity contribution is 6.07. The molecule has 204 valence electrons. The second-order valence-electron chi connectivity index (χ2n) is 11.0. The number of nitrogens with one attached hydrogen (secondary N) is 2. The summed E-state index contributed by atoms with van der Waals surface area (Å²) in [5, 5.41) is 12.7. The highest BCUT2D eigenvalue weighted by Gasteiger charge is 2.22. The molecule has 0 bridgehead atoms. The van der Waals surface area contributed by atoms with Gasteiger partial charge in [-0.3, -0.25) is 10.2 Å². The van der Waals surface area contributed by atoms with Crippen molar-refractivity contribution >= 4 is 28.3 Å². The number of amides is 2. The van der Waals surface area contributed by atoms with Gasteiger partial charge in [-0.1, -0.05) is 62.7 Å². The lowest BCUT2D eigenvalue weighted by atomic mass is 9.92. The van der Waals surface area contributed by atoms with E-state index in [0.29, 0.717) is 18.1 Å². The lowest BCUT2D eigenvalue weighted by molar-refractivity contribution is 0.0323. The number of fused-ring (bicyclic) bond motifs is 1. The van der Waals surface area contributed by atoms with Gasteiger partial charge in [0, 0.05) is 41.9 Å². The molecule has 2 N–H and O–H groups in total. The van der Waals surface area contributed by atoms with Crippen LogP contribution in [-0.2, 0) is 10.2 Å². The Hall–Kier alpha value is -3.88. The third kappa shape index (κ3) is 6.41. The van der Waals surface area contributed by atoms with Gasteiger partial charge < -0.3 is 14.8 Å². The molecule has 0 atom stereocenters. The molecule has 0 spiro atoms. The monoisotopic (exact) mass is 529 g/mol. The number of hydrogen-bond acceptors (Lipinski definition) is 5. The summed E-state index contributed by atoms with van der Waals surface area (Å²) in [5.74, 6) is 1.41. The quantitative estimate of drug-likeness (QED) is 0.308. The standard InChI is InChI=1S/C31H37N5O3/c1-22-9-11-23(12-10-22)36-29(21-28(34-36)31(2,3)4)33-30(37)32-26-13-14-27(25-8-6-5-7-24(25)26)39-20-17-35-15-18-38-19-16-35/h5-14,21H,15-20H2,1-4H3,(H2,32,33,37)/i30+2. The van der Waals surface area contributed by atoms with Crippen LogP contribution >= 0.6 is 0 Å². The Kier molecular flexibility index (Phi) is 7.86. The Morgan fingerprint density at radius 1 is 0.974 bits per heavy atom. The van der Waals surface area contributed by atoms with Crippen LogP contribution in [0.4, 0.5) is 16.3 Å². The molecule has 39 heavy (non-hydrogen) atoms. The first-order valence-electron chi connectivity index (χ1n) is 13.5. The average Bonchev–Trinajstić information content (AvgIpc) is 3.35. The minimum absolute atomic E-state index is 0.170. The predicted octanol–water partition coefficient (Wildman–Crippen LogP) is 5.99. The molecule has 1 fully saturated rings. The molecule has 8 nitrogen and oxygen atoms in total. The van der Waals surface area contributed by atoms with Crippen LogP contribution in [0.2, 0.25) is 0 Å². The molecule has 1 aliphatic heterocycles. The molecule has 1 saturated heterocycles. The summed E-state index contributed by atoms with van der Waals surface area (Å²) in [6.45, 7) is 13.2. The number of hydrogen-bond donors (Lipinski definition) is 2. The second-order valence-corrected chi connectivity index (χ2v) is 11.0. The molecular formula is C31H37N5O3. The van der Waals surface area contributed by atoms with Gasteiger partial charge in [0.05, 0.1) is 30.3 Å². The van der Waals surface area contributed by atoms with Gasteiger partial charge in [0.15, 0.2) is 0 Å². The normalized spacial score (nSPS) is 14.4. The van der Waals surface area contributed by atoms with Crippen LogP contribution < -0.4 is 15.4 Å². The van der Waals surface area contributed by atoms with E-state index in [9.17, 15) is 4.79 Å². The van der Waals surface area contributed by atoms with Crippen molar-refractivity contribution in [2.45, 2.75) is 33.1 Å². The number of aryl methyl sites for hydroxylation is 1. The Bertz CT molecular complexity index is 1430. The van der Waals surface area contributed by atoms with Crippen molar-refractivity contribution in [3.63, 3.8) is 0 Å². The molecule has 0 saturated carbocycles. The molecule has 1 aliphatic rings. The van der Waals surface area contributed by atoms with Gasteiger partial charge in [-0.25, -0.2) is 9.48 Å². The van der Waals surface area contributed by atoms with Crippen molar-refractivity contribution in [2.75, 3.05) is 50.1 Å². The third-order valence-electron chi connectivity index (χ3n) is 6.90. The van der Waals surface area contributed by atoms with Crippen LogP contribution in [0.25, 0.3) is 16.5 Å². The van der Waals surface area contributed by atoms with Crippen molar-refractivity contribution in [1.29, 1.82) is 0 Å². The fourth-order valence-electron chi connectivity index (χ4n) is 4.61. The summed E-state index contributed by atoms with van der Waals surface area (Å²) >= 11 is 0. The van der Waals surface area contributed by atoms with Crippen LogP contribution in [0, 0.1) is 6.92 Å². The fraction of sp³-hybridized carbons (Fsp3) is 0.355. The molecule has 3 aromatic carbocycles. The number of carbonyl (C=O) groups is 1. The van der Waals surface area contributed by atoms with E-state index < -0.39 is 0 Å². The summed E-state index contributed by atoms with van der Waals surface area (Å²) < 4.78 is 13.4. The predicted molar refractivity (Wildman–Crippen MR) is 156 cm³/mol. The van der Waals surface area contributed by atoms with E-state index >= 15 is 0 Å². The SMILES string of the molecule is Cc1ccc(-n2nc(C(C)(C)C)cc2N[14C](=O)Nc2ccc(OCCN3CCOCC3)c3ccccc23)cc1. The Balaban J connectivity index is 1.33. The van der Waals surface area contributed by atoms with E-state index in [1.807, 2.05) is 73.7 Å². The average molecular weight is 530 g/mol. The Labute approximate surface area is 229 Å². The first kappa shape index (κ1) is 26.7. The summed E-state index contributed by atoms with van der Waals surface area (Å²) in [5.41, 5.74) is 3.48. The fourth-order valence-corrected chi connectivity index (χ4v) is 4.61. The van der Waals surface area contributed by atoms with E-state index in [-0.39, 0.29) is 11.4 Å². The zero-order chi connectivity index (χ0) is 27.4. The molecule has 0 aliphatic carbocycles. The summed E-state index contributed by atoms with van der Waals surface area (Å²) in [7, 11) is 0. The molecule has 0 radical (unpaired) electrons. The highest BCUT2D eigenvalue weighted by Crippen LogP contribution is 2.32. The number of ether oxygens (including phenoxy) is 2. The van der Waals surface area contributed by atoms with Gasteiger partial charge in [0.25, 0.3) is 0 Å². The van der Waals surface area contributed by atoms with Crippen molar-refractivity contribution in [3.05, 3.63) is 78.0 Å². The Morgan fingerprint density at radius 2 is 1.69 bits per heavy atom. The van der Waals surface area contributed by atoms with Gasteiger partial charge in [-0.05, 0) is 31.2 Å². The number of anilines is 2. The first-order valence-corrected chi connectivity index (χ1v) is 13.5. The van der Waals surface area contributed by atoms with Crippen LogP contribution in [0.3, 0.4) is 0 Å². The molecule has 0 unspecified atom stereocenters. The molecule has 5 rings (SSSR count). The number of nitrogens with zero attached hydrogens (tertiary/aromatic N) is 3. The molecule has 1 aromatic heterocycles. The summed E-state index contributed by atoms with van der Waals surface area (Å²) in [4.78, 5) is 15.6. The van der Waals surface area contributed by atoms with Gasteiger partial charge in [-0.15, -0.1) is 0 Å². The third-order valence-corrected chi connectivity index (χ3v) is 6.90. The zero-order valence-electron chi connectivity index (χ0n) is 23.2. The molecule has 2 heterocycles. The minimum Gasteiger partial charge on any atom is -0.492 e. The summed E-state index contributed by atoms with van der Waals surface area (Å²) in [6, 6.07) is 21.4. The van der Waals surface area contributed by atoms with Crippen molar-refractivity contribution in [2.24, 2.45) is 0 Å².